The minimum Gasteiger partial charge on any atom is -0.326 e. The standard InChI is InChI=1S/C12H14ClF3N2O2S.ClH/c13-9-3-8(12(14,15)16)4-10(5-9)21(19,20)18-6-11(17)7-1-2-7;/h3-5,7,11,18H,1-2,6,17H2;1H. The maximum atomic E-state index is 12.7. The van der Waals surface area contributed by atoms with Gasteiger partial charge in [-0.25, -0.2) is 13.1 Å². The molecular weight excluding hydrogens is 364 g/mol. The molecule has 2 rings (SSSR count). The Morgan fingerprint density at radius 2 is 1.91 bits per heavy atom. The van der Waals surface area contributed by atoms with Gasteiger partial charge in [-0.05, 0) is 37.0 Å². The van der Waals surface area contributed by atoms with E-state index in [0.29, 0.717) is 12.1 Å². The molecule has 1 saturated carbocycles. The van der Waals surface area contributed by atoms with Gasteiger partial charge in [-0.3, -0.25) is 0 Å². The molecule has 3 N–H and O–H groups in total. The summed E-state index contributed by atoms with van der Waals surface area (Å²) in [4.78, 5) is -0.523. The van der Waals surface area contributed by atoms with Crippen LogP contribution in [-0.4, -0.2) is 21.0 Å². The largest absolute Gasteiger partial charge is 0.416 e. The summed E-state index contributed by atoms with van der Waals surface area (Å²) in [5.41, 5.74) is 4.65. The molecular formula is C12H15Cl2F3N2O2S. The highest BCUT2D eigenvalue weighted by atomic mass is 35.5. The lowest BCUT2D eigenvalue weighted by Crippen LogP contribution is -2.38. The van der Waals surface area contributed by atoms with Gasteiger partial charge in [0.1, 0.15) is 0 Å². The smallest absolute Gasteiger partial charge is 0.326 e. The highest BCUT2D eigenvalue weighted by Gasteiger charge is 2.33. The summed E-state index contributed by atoms with van der Waals surface area (Å²) >= 11 is 5.57. The maximum Gasteiger partial charge on any atom is 0.416 e. The second kappa shape index (κ2) is 6.92. The monoisotopic (exact) mass is 378 g/mol. The normalized spacial score (nSPS) is 17.0. The average Bonchev–Trinajstić information content (AvgIpc) is 3.18. The second-order valence-corrected chi connectivity index (χ2v) is 7.23. The van der Waals surface area contributed by atoms with Gasteiger partial charge in [-0.2, -0.15) is 13.2 Å². The number of halogens is 5. The summed E-state index contributed by atoms with van der Waals surface area (Å²) in [5, 5.41) is -0.295. The van der Waals surface area contributed by atoms with Gasteiger partial charge in [0.2, 0.25) is 10.0 Å². The van der Waals surface area contributed by atoms with E-state index in [1.165, 1.54) is 0 Å². The molecule has 22 heavy (non-hydrogen) atoms. The van der Waals surface area contributed by atoms with Gasteiger partial charge in [-0.1, -0.05) is 11.6 Å². The molecule has 1 aromatic rings. The van der Waals surface area contributed by atoms with Crippen LogP contribution in [0.2, 0.25) is 5.02 Å². The van der Waals surface area contributed by atoms with Crippen molar-refractivity contribution in [2.24, 2.45) is 11.7 Å². The number of hydrogen-bond donors (Lipinski definition) is 2. The van der Waals surface area contributed by atoms with Gasteiger partial charge in [0.15, 0.2) is 0 Å². The minimum atomic E-state index is -4.67. The van der Waals surface area contributed by atoms with Crippen molar-refractivity contribution in [2.75, 3.05) is 6.54 Å². The predicted octanol–water partition coefficient (Wildman–Crippen LogP) is 2.80. The number of nitrogens with two attached hydrogens (primary N) is 1. The molecule has 1 atom stereocenters. The Morgan fingerprint density at radius 1 is 1.32 bits per heavy atom. The molecule has 0 bridgehead atoms. The third-order valence-corrected chi connectivity index (χ3v) is 4.87. The predicted molar refractivity (Wildman–Crippen MR) is 79.6 cm³/mol. The van der Waals surface area contributed by atoms with Crippen LogP contribution in [-0.2, 0) is 16.2 Å². The summed E-state index contributed by atoms with van der Waals surface area (Å²) in [6, 6.07) is 1.87. The summed E-state index contributed by atoms with van der Waals surface area (Å²) in [6.45, 7) is -0.0130. The van der Waals surface area contributed by atoms with Crippen molar-refractivity contribution < 1.29 is 21.6 Å². The van der Waals surface area contributed by atoms with Crippen molar-refractivity contribution >= 4 is 34.0 Å². The Morgan fingerprint density at radius 3 is 2.41 bits per heavy atom. The Labute approximate surface area is 137 Å². The molecule has 0 spiro atoms. The molecule has 0 aliphatic heterocycles. The van der Waals surface area contributed by atoms with Gasteiger partial charge in [0, 0.05) is 17.6 Å². The van der Waals surface area contributed by atoms with Crippen LogP contribution in [0.4, 0.5) is 13.2 Å². The molecule has 10 heteroatoms. The van der Waals surface area contributed by atoms with Gasteiger partial charge < -0.3 is 5.73 Å². The molecule has 1 unspecified atom stereocenters. The van der Waals surface area contributed by atoms with Crippen LogP contribution in [0.25, 0.3) is 0 Å². The fraction of sp³-hybridized carbons (Fsp3) is 0.500. The van der Waals surface area contributed by atoms with E-state index < -0.39 is 26.7 Å². The molecule has 1 aliphatic rings. The Bertz CT molecular complexity index is 634. The molecule has 4 nitrogen and oxygen atoms in total. The van der Waals surface area contributed by atoms with Gasteiger partial charge in [0.25, 0.3) is 0 Å². The number of nitrogens with one attached hydrogen (secondary N) is 1. The van der Waals surface area contributed by atoms with Crippen molar-refractivity contribution in [1.29, 1.82) is 0 Å². The molecule has 0 amide bonds. The first-order valence-corrected chi connectivity index (χ1v) is 8.09. The van der Waals surface area contributed by atoms with E-state index in [9.17, 15) is 21.6 Å². The first-order valence-electron chi connectivity index (χ1n) is 6.22. The SMILES string of the molecule is Cl.NC(CNS(=O)(=O)c1cc(Cl)cc(C(F)(F)F)c1)C1CC1. The summed E-state index contributed by atoms with van der Waals surface area (Å²) in [6.07, 6.45) is -2.78. The molecule has 0 aromatic heterocycles. The van der Waals surface area contributed by atoms with Crippen LogP contribution in [0.15, 0.2) is 23.1 Å². The van der Waals surface area contributed by atoms with E-state index in [1.807, 2.05) is 0 Å². The number of hydrogen-bond acceptors (Lipinski definition) is 3. The van der Waals surface area contributed by atoms with Crippen LogP contribution >= 0.6 is 24.0 Å². The van der Waals surface area contributed by atoms with Crippen molar-refractivity contribution in [3.05, 3.63) is 28.8 Å². The lowest BCUT2D eigenvalue weighted by molar-refractivity contribution is -0.137. The molecule has 0 radical (unpaired) electrons. The summed E-state index contributed by atoms with van der Waals surface area (Å²) < 4.78 is 64.3. The zero-order valence-electron chi connectivity index (χ0n) is 11.2. The molecule has 126 valence electrons. The van der Waals surface area contributed by atoms with Crippen LogP contribution in [0.5, 0.6) is 0 Å². The van der Waals surface area contributed by atoms with Crippen molar-refractivity contribution in [1.82, 2.24) is 4.72 Å². The lowest BCUT2D eigenvalue weighted by Gasteiger charge is -2.14. The summed E-state index contributed by atoms with van der Waals surface area (Å²) in [5.74, 6) is 0.276. The Hall–Kier alpha value is -0.540. The number of alkyl halides is 3. The lowest BCUT2D eigenvalue weighted by atomic mass is 10.2. The van der Waals surface area contributed by atoms with Crippen molar-refractivity contribution in [3.63, 3.8) is 0 Å². The highest BCUT2D eigenvalue weighted by molar-refractivity contribution is 7.89. The second-order valence-electron chi connectivity index (χ2n) is 5.03. The van der Waals surface area contributed by atoms with E-state index in [4.69, 9.17) is 17.3 Å². The fourth-order valence-electron chi connectivity index (χ4n) is 1.86. The number of rotatable bonds is 5. The van der Waals surface area contributed by atoms with Gasteiger partial charge in [-0.15, -0.1) is 12.4 Å². The zero-order chi connectivity index (χ0) is 15.8. The van der Waals surface area contributed by atoms with E-state index in [2.05, 4.69) is 4.72 Å². The van der Waals surface area contributed by atoms with Crippen LogP contribution in [0.1, 0.15) is 18.4 Å². The molecule has 1 fully saturated rings. The average molecular weight is 379 g/mol. The fourth-order valence-corrected chi connectivity index (χ4v) is 3.30. The van der Waals surface area contributed by atoms with Crippen LogP contribution in [0.3, 0.4) is 0 Å². The van der Waals surface area contributed by atoms with E-state index in [1.54, 1.807) is 0 Å². The Kier molecular flexibility index (Phi) is 6.14. The number of sulfonamides is 1. The van der Waals surface area contributed by atoms with Gasteiger partial charge >= 0.3 is 6.18 Å². The molecule has 1 aromatic carbocycles. The van der Waals surface area contributed by atoms with E-state index in [-0.39, 0.29) is 35.9 Å². The van der Waals surface area contributed by atoms with E-state index in [0.717, 1.165) is 18.9 Å². The molecule has 0 saturated heterocycles. The van der Waals surface area contributed by atoms with Crippen LogP contribution < -0.4 is 10.5 Å². The third-order valence-electron chi connectivity index (χ3n) is 3.25. The minimum absolute atomic E-state index is 0. The first kappa shape index (κ1) is 19.5. The molecule has 1 aliphatic carbocycles. The zero-order valence-corrected chi connectivity index (χ0v) is 13.6. The topological polar surface area (TPSA) is 72.2 Å². The number of benzene rings is 1. The summed E-state index contributed by atoms with van der Waals surface area (Å²) in [7, 11) is -4.08. The van der Waals surface area contributed by atoms with Gasteiger partial charge in [0.05, 0.1) is 10.5 Å². The van der Waals surface area contributed by atoms with Crippen molar-refractivity contribution in [3.8, 4) is 0 Å². The highest BCUT2D eigenvalue weighted by Crippen LogP contribution is 2.33. The van der Waals surface area contributed by atoms with E-state index >= 15 is 0 Å². The third kappa shape index (κ3) is 4.99. The Balaban J connectivity index is 0.00000242. The molecule has 0 heterocycles. The maximum absolute atomic E-state index is 12.7. The quantitative estimate of drug-likeness (QED) is 0.827. The van der Waals surface area contributed by atoms with Crippen molar-refractivity contribution in [2.45, 2.75) is 30.0 Å². The van der Waals surface area contributed by atoms with Crippen LogP contribution in [0, 0.1) is 5.92 Å². The first-order chi connectivity index (χ1) is 9.59.